The van der Waals surface area contributed by atoms with E-state index in [2.05, 4.69) is 21.7 Å². The van der Waals surface area contributed by atoms with E-state index in [4.69, 9.17) is 15.2 Å². The predicted molar refractivity (Wildman–Crippen MR) is 176 cm³/mol. The molecule has 240 valence electrons. The number of amides is 3. The van der Waals surface area contributed by atoms with E-state index in [1.54, 1.807) is 11.3 Å². The van der Waals surface area contributed by atoms with Crippen LogP contribution in [0.1, 0.15) is 81.5 Å². The molecule has 11 heteroatoms. The van der Waals surface area contributed by atoms with Gasteiger partial charge in [0.2, 0.25) is 5.91 Å². The number of carbonyl (C=O) groups is 3. The van der Waals surface area contributed by atoms with Crippen LogP contribution >= 0.6 is 11.3 Å². The van der Waals surface area contributed by atoms with Gasteiger partial charge in [0.05, 0.1) is 10.6 Å². The quantitative estimate of drug-likeness (QED) is 0.198. The van der Waals surface area contributed by atoms with Crippen molar-refractivity contribution in [3.63, 3.8) is 0 Å². The van der Waals surface area contributed by atoms with Gasteiger partial charge in [-0.25, -0.2) is 14.6 Å². The van der Waals surface area contributed by atoms with Crippen LogP contribution in [-0.2, 0) is 27.3 Å². The summed E-state index contributed by atoms with van der Waals surface area (Å²) in [7, 11) is 0. The summed E-state index contributed by atoms with van der Waals surface area (Å²) in [4.78, 5) is 45.9. The van der Waals surface area contributed by atoms with E-state index < -0.39 is 17.8 Å². The first kappa shape index (κ1) is 34.6. The second-order valence-electron chi connectivity index (χ2n) is 11.8. The van der Waals surface area contributed by atoms with Gasteiger partial charge in [-0.2, -0.15) is 0 Å². The number of hydrogen-bond acceptors (Lipinski definition) is 8. The number of nitrogens with one attached hydrogen (secondary N) is 2. The van der Waals surface area contributed by atoms with Crippen LogP contribution in [0.3, 0.4) is 0 Å². The third kappa shape index (κ3) is 12.4. The molecule has 1 aliphatic rings. The van der Waals surface area contributed by atoms with Gasteiger partial charge in [0.15, 0.2) is 0 Å². The Bertz CT molecular complexity index is 1300. The maximum Gasteiger partial charge on any atom is 0.407 e. The number of rotatable bonds is 15. The summed E-state index contributed by atoms with van der Waals surface area (Å²) in [5.74, 6) is 0.362. The number of thiophene rings is 1. The van der Waals surface area contributed by atoms with Gasteiger partial charge in [0.1, 0.15) is 18.0 Å². The second kappa shape index (κ2) is 17.4. The van der Waals surface area contributed by atoms with Crippen molar-refractivity contribution in [3.8, 4) is 0 Å². The van der Waals surface area contributed by atoms with E-state index in [9.17, 15) is 14.4 Å². The van der Waals surface area contributed by atoms with Crippen LogP contribution < -0.4 is 16.4 Å². The number of nitrogens with zero attached hydrogens (tertiary/aromatic N) is 2. The minimum Gasteiger partial charge on any atom is -0.445 e. The van der Waals surface area contributed by atoms with Gasteiger partial charge in [0.25, 0.3) is 0 Å². The molecule has 10 nitrogen and oxygen atoms in total. The van der Waals surface area contributed by atoms with E-state index in [1.807, 2.05) is 69.0 Å². The Labute approximate surface area is 265 Å². The van der Waals surface area contributed by atoms with Gasteiger partial charge in [-0.1, -0.05) is 43.7 Å². The molecule has 0 atom stereocenters. The molecule has 0 saturated heterocycles. The number of benzene rings is 1. The number of nitrogens with two attached hydrogens (primary N) is 1. The van der Waals surface area contributed by atoms with Crippen LogP contribution in [0.5, 0.6) is 0 Å². The van der Waals surface area contributed by atoms with Gasteiger partial charge in [-0.15, -0.1) is 11.3 Å². The number of alkyl carbamates (subject to hydrolysis) is 2. The first-order chi connectivity index (χ1) is 21.0. The minimum absolute atomic E-state index is 0.0557. The van der Waals surface area contributed by atoms with Crippen molar-refractivity contribution in [2.24, 2.45) is 10.7 Å². The summed E-state index contributed by atoms with van der Waals surface area (Å²) >= 11 is 1.64. The molecule has 1 aromatic heterocycles. The molecule has 1 aliphatic heterocycles. The Morgan fingerprint density at radius 2 is 1.73 bits per heavy atom. The molecule has 4 N–H and O–H groups in total. The zero-order valence-electron chi connectivity index (χ0n) is 26.4. The van der Waals surface area contributed by atoms with E-state index in [0.29, 0.717) is 50.4 Å². The topological polar surface area (TPSA) is 135 Å². The van der Waals surface area contributed by atoms with Crippen molar-refractivity contribution in [3.05, 3.63) is 57.3 Å². The monoisotopic (exact) mass is 625 g/mol. The maximum absolute atomic E-state index is 13.6. The van der Waals surface area contributed by atoms with E-state index in [0.717, 1.165) is 48.2 Å². The van der Waals surface area contributed by atoms with Crippen LogP contribution in [0, 0.1) is 0 Å². The second-order valence-corrected chi connectivity index (χ2v) is 13.0. The molecule has 0 saturated carbocycles. The van der Waals surface area contributed by atoms with Gasteiger partial charge in [0, 0.05) is 43.1 Å². The highest BCUT2D eigenvalue weighted by Gasteiger charge is 2.22. The Balaban J connectivity index is 1.45. The number of aliphatic imine (C=N–C) groups is 1. The molecular weight excluding hydrogens is 578 g/mol. The maximum atomic E-state index is 13.6. The molecule has 2 heterocycles. The zero-order chi connectivity index (χ0) is 32.0. The summed E-state index contributed by atoms with van der Waals surface area (Å²) in [6, 6.07) is 11.7. The Morgan fingerprint density at radius 1 is 1.00 bits per heavy atom. The van der Waals surface area contributed by atoms with Crippen molar-refractivity contribution >= 4 is 47.0 Å². The van der Waals surface area contributed by atoms with Gasteiger partial charge in [-0.05, 0) is 70.6 Å². The smallest absolute Gasteiger partial charge is 0.407 e. The third-order valence-corrected chi connectivity index (χ3v) is 7.77. The summed E-state index contributed by atoms with van der Waals surface area (Å²) < 4.78 is 10.5. The van der Waals surface area contributed by atoms with E-state index in [1.165, 1.54) is 4.88 Å². The highest BCUT2D eigenvalue weighted by Crippen LogP contribution is 2.35. The standard InChI is InChI=1S/C33H47N5O5S/c1-5-18-38(19-12-17-36-32(41)43-33(2,3)4)30(39)25-20-28-27(37-29(34)21-25)22-26(44-28)15-10-7-11-16-35-31(40)42-23-24-13-8-6-9-14-24/h6,8-9,13-14,20,22H,5,7,10-12,15-19,21,23H2,1-4H3,(H2,34,37)(H,35,40)(H,36,41). The fraction of sp³-hybridized carbons (Fsp3) is 0.515. The predicted octanol–water partition coefficient (Wildman–Crippen LogP) is 6.32. The lowest BCUT2D eigenvalue weighted by Crippen LogP contribution is -2.37. The average Bonchev–Trinajstić information content (AvgIpc) is 3.26. The first-order valence-electron chi connectivity index (χ1n) is 15.4. The molecule has 2 aromatic rings. The molecular formula is C33H47N5O5S. The summed E-state index contributed by atoms with van der Waals surface area (Å²) in [5, 5.41) is 5.56. The van der Waals surface area contributed by atoms with Crippen molar-refractivity contribution in [1.82, 2.24) is 15.5 Å². The lowest BCUT2D eigenvalue weighted by atomic mass is 10.1. The highest BCUT2D eigenvalue weighted by molar-refractivity contribution is 7.13. The highest BCUT2D eigenvalue weighted by atomic mass is 32.1. The molecule has 1 aromatic carbocycles. The summed E-state index contributed by atoms with van der Waals surface area (Å²) in [6.45, 7) is 9.86. The number of hydrogen-bond donors (Lipinski definition) is 3. The van der Waals surface area contributed by atoms with Crippen molar-refractivity contribution in [1.29, 1.82) is 0 Å². The summed E-state index contributed by atoms with van der Waals surface area (Å²) in [5.41, 5.74) is 8.06. The molecule has 0 fully saturated rings. The fourth-order valence-electron chi connectivity index (χ4n) is 4.62. The number of carbonyl (C=O) groups excluding carboxylic acids is 3. The van der Waals surface area contributed by atoms with Crippen LogP contribution in [-0.4, -0.2) is 60.6 Å². The number of unbranched alkanes of at least 4 members (excludes halogenated alkanes) is 2. The Kier molecular flexibility index (Phi) is 13.7. The van der Waals surface area contributed by atoms with Crippen LogP contribution in [0.2, 0.25) is 0 Å². The average molecular weight is 626 g/mol. The third-order valence-electron chi connectivity index (χ3n) is 6.64. The molecule has 44 heavy (non-hydrogen) atoms. The molecule has 0 bridgehead atoms. The number of ether oxygens (including phenoxy) is 2. The van der Waals surface area contributed by atoms with Crippen molar-refractivity contribution in [2.45, 2.75) is 84.8 Å². The molecule has 0 unspecified atom stereocenters. The van der Waals surface area contributed by atoms with Crippen LogP contribution in [0.25, 0.3) is 6.08 Å². The number of aryl methyl sites for hydroxylation is 1. The van der Waals surface area contributed by atoms with E-state index >= 15 is 0 Å². The van der Waals surface area contributed by atoms with Crippen LogP contribution in [0.4, 0.5) is 15.3 Å². The van der Waals surface area contributed by atoms with Gasteiger partial charge in [-0.3, -0.25) is 4.79 Å². The Hall–Kier alpha value is -3.86. The fourth-order valence-corrected chi connectivity index (χ4v) is 5.73. The van der Waals surface area contributed by atoms with Crippen molar-refractivity contribution < 1.29 is 23.9 Å². The van der Waals surface area contributed by atoms with Gasteiger partial charge < -0.3 is 30.7 Å². The normalized spacial score (nSPS) is 12.7. The molecule has 0 aliphatic carbocycles. The minimum atomic E-state index is -0.556. The first-order valence-corrected chi connectivity index (χ1v) is 16.2. The Morgan fingerprint density at radius 3 is 2.45 bits per heavy atom. The number of fused-ring (bicyclic) bond motifs is 1. The van der Waals surface area contributed by atoms with Crippen molar-refractivity contribution in [2.75, 3.05) is 26.2 Å². The number of amidine groups is 1. The largest absolute Gasteiger partial charge is 0.445 e. The van der Waals surface area contributed by atoms with Crippen LogP contribution in [0.15, 0.2) is 47.0 Å². The lowest BCUT2D eigenvalue weighted by molar-refractivity contribution is -0.127. The lowest BCUT2D eigenvalue weighted by Gasteiger charge is -2.24. The van der Waals surface area contributed by atoms with E-state index in [-0.39, 0.29) is 12.5 Å². The van der Waals surface area contributed by atoms with Gasteiger partial charge >= 0.3 is 12.2 Å². The summed E-state index contributed by atoms with van der Waals surface area (Å²) in [6.07, 6.45) is 6.47. The SMILES string of the molecule is CCCN(CCCNC(=O)OC(C)(C)C)C(=O)C1=Cc2sc(CCCCCNC(=O)OCc3ccccc3)cc2N=C(N)C1. The molecule has 3 rings (SSSR count). The molecule has 3 amide bonds. The zero-order valence-corrected chi connectivity index (χ0v) is 27.3. The molecule has 0 radical (unpaired) electrons. The molecule has 0 spiro atoms.